The van der Waals surface area contributed by atoms with E-state index in [1.165, 1.54) is 31.6 Å². The van der Waals surface area contributed by atoms with Crippen molar-refractivity contribution in [1.29, 1.82) is 0 Å². The van der Waals surface area contributed by atoms with Crippen molar-refractivity contribution in [1.82, 2.24) is 9.97 Å². The van der Waals surface area contributed by atoms with Gasteiger partial charge in [0.1, 0.15) is 5.69 Å². The van der Waals surface area contributed by atoms with Crippen LogP contribution in [0, 0.1) is 5.82 Å². The van der Waals surface area contributed by atoms with E-state index >= 15 is 0 Å². The van der Waals surface area contributed by atoms with Crippen LogP contribution in [0.5, 0.6) is 5.75 Å². The molecule has 1 heterocycles. The van der Waals surface area contributed by atoms with Crippen molar-refractivity contribution in [3.8, 4) is 5.75 Å². The van der Waals surface area contributed by atoms with Crippen molar-refractivity contribution >= 4 is 17.4 Å². The van der Waals surface area contributed by atoms with Crippen LogP contribution < -0.4 is 21.3 Å². The number of hydrazine groups is 1. The van der Waals surface area contributed by atoms with Gasteiger partial charge < -0.3 is 15.5 Å². The van der Waals surface area contributed by atoms with Gasteiger partial charge in [-0.1, -0.05) is 0 Å². The van der Waals surface area contributed by atoms with Gasteiger partial charge in [0.15, 0.2) is 17.4 Å². The summed E-state index contributed by atoms with van der Waals surface area (Å²) in [5, 5.41) is 2.50. The van der Waals surface area contributed by atoms with Crippen LogP contribution in [0.2, 0.25) is 0 Å². The number of anilines is 2. The Morgan fingerprint density at radius 1 is 1.40 bits per heavy atom. The van der Waals surface area contributed by atoms with E-state index in [2.05, 4.69) is 20.7 Å². The van der Waals surface area contributed by atoms with Gasteiger partial charge in [0.2, 0.25) is 0 Å². The number of hydrogen-bond donors (Lipinski definition) is 3. The molecule has 0 saturated carbocycles. The van der Waals surface area contributed by atoms with Gasteiger partial charge in [-0.05, 0) is 12.1 Å². The monoisotopic (exact) mass is 277 g/mol. The van der Waals surface area contributed by atoms with E-state index in [1.807, 2.05) is 0 Å². The summed E-state index contributed by atoms with van der Waals surface area (Å²) >= 11 is 0. The zero-order chi connectivity index (χ0) is 14.5. The zero-order valence-electron chi connectivity index (χ0n) is 10.6. The summed E-state index contributed by atoms with van der Waals surface area (Å²) in [7, 11) is 1.36. The number of carbonyl (C=O) groups is 1. The maximum Gasteiger partial charge on any atom is 0.275 e. The Morgan fingerprint density at radius 2 is 2.20 bits per heavy atom. The molecule has 20 heavy (non-hydrogen) atoms. The van der Waals surface area contributed by atoms with Gasteiger partial charge in [0.25, 0.3) is 5.91 Å². The fraction of sp³-hybridized carbons (Fsp3) is 0.0833. The van der Waals surface area contributed by atoms with E-state index in [-0.39, 0.29) is 22.9 Å². The van der Waals surface area contributed by atoms with Gasteiger partial charge in [-0.25, -0.2) is 15.2 Å². The van der Waals surface area contributed by atoms with Crippen LogP contribution in [0.15, 0.2) is 30.6 Å². The molecule has 4 N–H and O–H groups in total. The molecular formula is C12H12FN5O2. The van der Waals surface area contributed by atoms with Crippen molar-refractivity contribution in [3.63, 3.8) is 0 Å². The number of nitrogens with one attached hydrogen (secondary N) is 2. The molecule has 1 aromatic carbocycles. The number of carbonyl (C=O) groups excluding carboxylic acids is 1. The summed E-state index contributed by atoms with van der Waals surface area (Å²) in [5.74, 6) is 4.42. The number of aromatic nitrogens is 2. The summed E-state index contributed by atoms with van der Waals surface area (Å²) in [6.45, 7) is 0. The SMILES string of the molecule is COc1ccc(NC(=O)c2cncc(NN)n2)cc1F. The molecule has 104 valence electrons. The van der Waals surface area contributed by atoms with E-state index in [9.17, 15) is 9.18 Å². The molecule has 0 atom stereocenters. The van der Waals surface area contributed by atoms with Crippen molar-refractivity contribution in [3.05, 3.63) is 42.1 Å². The number of nitrogens with two attached hydrogens (primary N) is 1. The smallest absolute Gasteiger partial charge is 0.275 e. The Balaban J connectivity index is 2.16. The van der Waals surface area contributed by atoms with Gasteiger partial charge >= 0.3 is 0 Å². The molecule has 0 spiro atoms. The van der Waals surface area contributed by atoms with Crippen molar-refractivity contribution in [2.75, 3.05) is 17.9 Å². The van der Waals surface area contributed by atoms with Crippen LogP contribution in [0.1, 0.15) is 10.5 Å². The lowest BCUT2D eigenvalue weighted by Gasteiger charge is -2.07. The quantitative estimate of drug-likeness (QED) is 0.572. The van der Waals surface area contributed by atoms with Crippen LogP contribution >= 0.6 is 0 Å². The standard InChI is InChI=1S/C12H12FN5O2/c1-20-10-3-2-7(4-8(10)13)16-12(19)9-5-15-6-11(17-9)18-14/h2-6H,14H2,1H3,(H,16,19)(H,17,18). The second-order valence-corrected chi connectivity index (χ2v) is 3.74. The maximum absolute atomic E-state index is 13.5. The van der Waals surface area contributed by atoms with Crippen molar-refractivity contribution < 1.29 is 13.9 Å². The van der Waals surface area contributed by atoms with Gasteiger partial charge in [-0.2, -0.15) is 0 Å². The van der Waals surface area contributed by atoms with E-state index in [0.29, 0.717) is 0 Å². The fourth-order valence-corrected chi connectivity index (χ4v) is 1.48. The lowest BCUT2D eigenvalue weighted by atomic mass is 10.2. The Labute approximate surface area is 114 Å². The summed E-state index contributed by atoms with van der Waals surface area (Å²) in [6, 6.07) is 4.07. The summed E-state index contributed by atoms with van der Waals surface area (Å²) in [4.78, 5) is 19.6. The fourth-order valence-electron chi connectivity index (χ4n) is 1.48. The van der Waals surface area contributed by atoms with Gasteiger partial charge in [-0.15, -0.1) is 0 Å². The average molecular weight is 277 g/mol. The molecule has 1 aromatic heterocycles. The molecule has 0 aliphatic rings. The number of nitrogens with zero attached hydrogens (tertiary/aromatic N) is 2. The first kappa shape index (κ1) is 13.7. The molecular weight excluding hydrogens is 265 g/mol. The molecule has 0 fully saturated rings. The molecule has 8 heteroatoms. The molecule has 0 aliphatic heterocycles. The largest absolute Gasteiger partial charge is 0.494 e. The predicted molar refractivity (Wildman–Crippen MR) is 70.7 cm³/mol. The average Bonchev–Trinajstić information content (AvgIpc) is 2.47. The van der Waals surface area contributed by atoms with Crippen LogP contribution in [0.3, 0.4) is 0 Å². The number of methoxy groups -OCH3 is 1. The van der Waals surface area contributed by atoms with Crippen LogP contribution in [-0.4, -0.2) is 23.0 Å². The first-order valence-electron chi connectivity index (χ1n) is 5.57. The molecule has 0 saturated heterocycles. The number of amides is 1. The third kappa shape index (κ3) is 2.98. The van der Waals surface area contributed by atoms with Crippen LogP contribution in [0.25, 0.3) is 0 Å². The molecule has 7 nitrogen and oxygen atoms in total. The molecule has 1 amide bonds. The molecule has 0 radical (unpaired) electrons. The number of ether oxygens (including phenoxy) is 1. The second-order valence-electron chi connectivity index (χ2n) is 3.74. The van der Waals surface area contributed by atoms with Gasteiger partial charge in [0, 0.05) is 11.8 Å². The first-order chi connectivity index (χ1) is 9.63. The zero-order valence-corrected chi connectivity index (χ0v) is 10.6. The highest BCUT2D eigenvalue weighted by molar-refractivity contribution is 6.02. The van der Waals surface area contributed by atoms with Crippen molar-refractivity contribution in [2.24, 2.45) is 5.84 Å². The number of halogens is 1. The topological polar surface area (TPSA) is 102 Å². The number of benzene rings is 1. The van der Waals surface area contributed by atoms with E-state index in [1.54, 1.807) is 0 Å². The lowest BCUT2D eigenvalue weighted by molar-refractivity contribution is 0.102. The number of rotatable bonds is 4. The van der Waals surface area contributed by atoms with Crippen LogP contribution in [0.4, 0.5) is 15.9 Å². The highest BCUT2D eigenvalue weighted by Gasteiger charge is 2.11. The summed E-state index contributed by atoms with van der Waals surface area (Å²) < 4.78 is 18.3. The second kappa shape index (κ2) is 5.93. The highest BCUT2D eigenvalue weighted by Crippen LogP contribution is 2.20. The van der Waals surface area contributed by atoms with Crippen LogP contribution in [-0.2, 0) is 0 Å². The van der Waals surface area contributed by atoms with E-state index in [0.717, 1.165) is 6.07 Å². The van der Waals surface area contributed by atoms with E-state index < -0.39 is 11.7 Å². The van der Waals surface area contributed by atoms with Gasteiger partial charge in [-0.3, -0.25) is 9.78 Å². The minimum absolute atomic E-state index is 0.0525. The predicted octanol–water partition coefficient (Wildman–Crippen LogP) is 1.16. The first-order valence-corrected chi connectivity index (χ1v) is 5.57. The Hall–Kier alpha value is -2.74. The molecule has 0 bridgehead atoms. The van der Waals surface area contributed by atoms with Gasteiger partial charge in [0.05, 0.1) is 19.5 Å². The molecule has 2 aromatic rings. The molecule has 0 unspecified atom stereocenters. The Kier molecular flexibility index (Phi) is 4.06. The Morgan fingerprint density at radius 3 is 2.85 bits per heavy atom. The maximum atomic E-state index is 13.5. The lowest BCUT2D eigenvalue weighted by Crippen LogP contribution is -2.16. The minimum Gasteiger partial charge on any atom is -0.494 e. The van der Waals surface area contributed by atoms with Crippen molar-refractivity contribution in [2.45, 2.75) is 0 Å². The van der Waals surface area contributed by atoms with E-state index in [4.69, 9.17) is 10.6 Å². The molecule has 2 rings (SSSR count). The number of nitrogen functional groups attached to an aromatic ring is 1. The summed E-state index contributed by atoms with van der Waals surface area (Å²) in [5.41, 5.74) is 2.61. The highest BCUT2D eigenvalue weighted by atomic mass is 19.1. The minimum atomic E-state index is -0.575. The Bertz CT molecular complexity index is 635. The third-order valence-corrected chi connectivity index (χ3v) is 2.42. The number of hydrogen-bond acceptors (Lipinski definition) is 6. The molecule has 0 aliphatic carbocycles. The normalized spacial score (nSPS) is 9.95. The third-order valence-electron chi connectivity index (χ3n) is 2.42. The summed E-state index contributed by atoms with van der Waals surface area (Å²) in [6.07, 6.45) is 2.64.